The zero-order valence-electron chi connectivity index (χ0n) is 46.7. The largest absolute Gasteiger partial charge is 0.462 e. The molecule has 408 valence electrons. The molecule has 69 heavy (non-hydrogen) atoms. The van der Waals surface area contributed by atoms with Crippen LogP contribution in [0, 0.1) is 0 Å². The average Bonchev–Trinajstić information content (AvgIpc) is 3.34. The molecule has 0 aliphatic heterocycles. The molecule has 0 aliphatic rings. The molecule has 6 heteroatoms. The highest BCUT2D eigenvalue weighted by Gasteiger charge is 2.24. The topological polar surface area (TPSA) is 95.9 Å². The summed E-state index contributed by atoms with van der Waals surface area (Å²) in [6.45, 7) is 6.53. The maximum absolute atomic E-state index is 13.3. The van der Waals surface area contributed by atoms with Crippen molar-refractivity contribution in [1.82, 2.24) is 5.32 Å². The molecule has 0 bridgehead atoms. The van der Waals surface area contributed by atoms with E-state index in [9.17, 15) is 19.8 Å². The molecule has 0 saturated heterocycles. The second kappa shape index (κ2) is 57.2. The molecule has 0 aromatic heterocycles. The standard InChI is InChI=1S/C63H121NO5/c1-4-7-10-13-16-19-22-25-28-31-32-35-38-41-44-47-50-53-56-63(68)69-59(54-51-48-45-42-39-36-33-29-26-23-20-17-14-11-8-5-2)57-62(67)64-60(58-65)61(66)55-52-49-46-43-40-37-34-30-27-24-21-18-15-12-9-6-3/h28,31-32,35,59-61,65-66H,4-27,29-30,33-34,36-58H2,1-3H3,(H,64,67)/b31-28+,35-32+. The summed E-state index contributed by atoms with van der Waals surface area (Å²) in [5.74, 6) is -0.468. The first-order valence-corrected chi connectivity index (χ1v) is 31.1. The summed E-state index contributed by atoms with van der Waals surface area (Å²) in [5, 5.41) is 24.0. The Bertz CT molecular complexity index is 1090. The fraction of sp³-hybridized carbons (Fsp3) is 0.905. The maximum Gasteiger partial charge on any atom is 0.306 e. The van der Waals surface area contributed by atoms with E-state index >= 15 is 0 Å². The fourth-order valence-corrected chi connectivity index (χ4v) is 9.84. The first-order chi connectivity index (χ1) is 34.0. The molecular formula is C63H121NO5. The lowest BCUT2D eigenvalue weighted by molar-refractivity contribution is -0.151. The molecule has 0 heterocycles. The monoisotopic (exact) mass is 972 g/mol. The Labute approximate surface area is 431 Å². The molecule has 0 fully saturated rings. The third-order valence-corrected chi connectivity index (χ3v) is 14.6. The van der Waals surface area contributed by atoms with Crippen LogP contribution in [0.1, 0.15) is 342 Å². The predicted octanol–water partition coefficient (Wildman–Crippen LogP) is 19.4. The van der Waals surface area contributed by atoms with Crippen molar-refractivity contribution in [3.05, 3.63) is 24.3 Å². The average molecular weight is 973 g/mol. The number of ether oxygens (including phenoxy) is 1. The van der Waals surface area contributed by atoms with E-state index in [4.69, 9.17) is 4.74 Å². The van der Waals surface area contributed by atoms with Gasteiger partial charge >= 0.3 is 5.97 Å². The van der Waals surface area contributed by atoms with Crippen molar-refractivity contribution in [2.24, 2.45) is 0 Å². The number of nitrogens with one attached hydrogen (secondary N) is 1. The van der Waals surface area contributed by atoms with Gasteiger partial charge in [0.15, 0.2) is 0 Å². The number of hydrogen-bond acceptors (Lipinski definition) is 5. The van der Waals surface area contributed by atoms with Gasteiger partial charge in [0.25, 0.3) is 0 Å². The summed E-state index contributed by atoms with van der Waals surface area (Å²) in [6.07, 6.45) is 68.2. The van der Waals surface area contributed by atoms with Crippen molar-refractivity contribution in [2.45, 2.75) is 360 Å². The SMILES string of the molecule is CCCCCCCCC/C=C/C=C/CCCCCCCC(=O)OC(CCCCCCCCCCCCCCCCCC)CC(=O)NC(CO)C(O)CCCCCCCCCCCCCCCCCC. The predicted molar refractivity (Wildman–Crippen MR) is 301 cm³/mol. The first kappa shape index (κ1) is 67.3. The Morgan fingerprint density at radius 3 is 1.07 bits per heavy atom. The van der Waals surface area contributed by atoms with Crippen LogP contribution in [-0.2, 0) is 14.3 Å². The number of carbonyl (C=O) groups excluding carboxylic acids is 2. The van der Waals surface area contributed by atoms with Crippen LogP contribution in [0.15, 0.2) is 24.3 Å². The van der Waals surface area contributed by atoms with Crippen molar-refractivity contribution in [1.29, 1.82) is 0 Å². The third-order valence-electron chi connectivity index (χ3n) is 14.6. The van der Waals surface area contributed by atoms with Crippen LogP contribution < -0.4 is 5.32 Å². The van der Waals surface area contributed by atoms with E-state index in [0.717, 1.165) is 51.4 Å². The minimum absolute atomic E-state index is 0.0780. The summed E-state index contributed by atoms with van der Waals surface area (Å²) in [6, 6.07) is -0.701. The van der Waals surface area contributed by atoms with Gasteiger partial charge in [-0.25, -0.2) is 0 Å². The molecule has 3 atom stereocenters. The van der Waals surface area contributed by atoms with E-state index in [2.05, 4.69) is 50.4 Å². The normalized spacial score (nSPS) is 13.2. The van der Waals surface area contributed by atoms with E-state index in [1.165, 1.54) is 244 Å². The minimum Gasteiger partial charge on any atom is -0.462 e. The van der Waals surface area contributed by atoms with Crippen LogP contribution in [-0.4, -0.2) is 46.9 Å². The molecule has 3 unspecified atom stereocenters. The lowest BCUT2D eigenvalue weighted by Crippen LogP contribution is -2.46. The number of amides is 1. The van der Waals surface area contributed by atoms with Gasteiger partial charge < -0.3 is 20.3 Å². The van der Waals surface area contributed by atoms with E-state index in [1.807, 2.05) is 0 Å². The maximum atomic E-state index is 13.3. The second-order valence-corrected chi connectivity index (χ2v) is 21.5. The first-order valence-electron chi connectivity index (χ1n) is 31.1. The number of allylic oxidation sites excluding steroid dienone is 4. The molecule has 0 radical (unpaired) electrons. The van der Waals surface area contributed by atoms with E-state index in [-0.39, 0.29) is 24.9 Å². The molecule has 3 N–H and O–H groups in total. The Morgan fingerprint density at radius 2 is 0.725 bits per heavy atom. The summed E-state index contributed by atoms with van der Waals surface area (Å²) < 4.78 is 5.98. The molecule has 1 amide bonds. The molecule has 0 aromatic carbocycles. The van der Waals surface area contributed by atoms with Crippen LogP contribution in [0.2, 0.25) is 0 Å². The van der Waals surface area contributed by atoms with Crippen molar-refractivity contribution in [3.8, 4) is 0 Å². The van der Waals surface area contributed by atoms with Crippen LogP contribution in [0.25, 0.3) is 0 Å². The summed E-state index contributed by atoms with van der Waals surface area (Å²) >= 11 is 0. The second-order valence-electron chi connectivity index (χ2n) is 21.5. The van der Waals surface area contributed by atoms with Crippen LogP contribution in [0.4, 0.5) is 0 Å². The van der Waals surface area contributed by atoms with Gasteiger partial charge in [0, 0.05) is 6.42 Å². The highest BCUT2D eigenvalue weighted by Crippen LogP contribution is 2.19. The van der Waals surface area contributed by atoms with Gasteiger partial charge in [-0.3, -0.25) is 9.59 Å². The molecule has 0 saturated carbocycles. The smallest absolute Gasteiger partial charge is 0.306 e. The van der Waals surface area contributed by atoms with Gasteiger partial charge in [0.05, 0.1) is 25.2 Å². The summed E-state index contributed by atoms with van der Waals surface area (Å²) in [4.78, 5) is 26.3. The molecule has 6 nitrogen and oxygen atoms in total. The van der Waals surface area contributed by atoms with Crippen molar-refractivity contribution < 1.29 is 24.5 Å². The number of unbranched alkanes of at least 4 members (excludes halogenated alkanes) is 42. The number of aliphatic hydroxyl groups is 2. The van der Waals surface area contributed by atoms with Gasteiger partial charge in [-0.1, -0.05) is 302 Å². The van der Waals surface area contributed by atoms with Crippen LogP contribution >= 0.6 is 0 Å². The van der Waals surface area contributed by atoms with Crippen molar-refractivity contribution >= 4 is 11.9 Å². The highest BCUT2D eigenvalue weighted by atomic mass is 16.5. The highest BCUT2D eigenvalue weighted by molar-refractivity contribution is 5.77. The van der Waals surface area contributed by atoms with Gasteiger partial charge in [0.1, 0.15) is 6.10 Å². The number of carbonyl (C=O) groups is 2. The molecular weight excluding hydrogens is 851 g/mol. The quantitative estimate of drug-likeness (QED) is 0.0321. The lowest BCUT2D eigenvalue weighted by atomic mass is 10.0. The number of esters is 1. The number of aliphatic hydroxyl groups excluding tert-OH is 2. The van der Waals surface area contributed by atoms with Crippen LogP contribution in [0.3, 0.4) is 0 Å². The summed E-state index contributed by atoms with van der Waals surface area (Å²) in [5.41, 5.74) is 0. The number of rotatable bonds is 57. The zero-order chi connectivity index (χ0) is 50.2. The van der Waals surface area contributed by atoms with Gasteiger partial charge in [-0.15, -0.1) is 0 Å². The third kappa shape index (κ3) is 52.5. The summed E-state index contributed by atoms with van der Waals surface area (Å²) in [7, 11) is 0. The molecule has 0 spiro atoms. The van der Waals surface area contributed by atoms with Crippen LogP contribution in [0.5, 0.6) is 0 Å². The zero-order valence-corrected chi connectivity index (χ0v) is 46.7. The van der Waals surface area contributed by atoms with Gasteiger partial charge in [0.2, 0.25) is 5.91 Å². The van der Waals surface area contributed by atoms with E-state index in [0.29, 0.717) is 19.3 Å². The number of hydrogen-bond donors (Lipinski definition) is 3. The van der Waals surface area contributed by atoms with Crippen molar-refractivity contribution in [3.63, 3.8) is 0 Å². The molecule has 0 rings (SSSR count). The van der Waals surface area contributed by atoms with Gasteiger partial charge in [-0.05, 0) is 51.4 Å². The Hall–Kier alpha value is -1.66. The minimum atomic E-state index is -0.788. The fourth-order valence-electron chi connectivity index (χ4n) is 9.84. The molecule has 0 aliphatic carbocycles. The lowest BCUT2D eigenvalue weighted by Gasteiger charge is -2.24. The Morgan fingerprint density at radius 1 is 0.420 bits per heavy atom. The van der Waals surface area contributed by atoms with E-state index in [1.54, 1.807) is 0 Å². The van der Waals surface area contributed by atoms with Crippen molar-refractivity contribution in [2.75, 3.05) is 6.61 Å². The van der Waals surface area contributed by atoms with Gasteiger partial charge in [-0.2, -0.15) is 0 Å². The molecule has 0 aromatic rings. The Balaban J connectivity index is 4.53. The van der Waals surface area contributed by atoms with E-state index < -0.39 is 18.2 Å². The Kier molecular flexibility index (Phi) is 55.9.